The third-order valence-corrected chi connectivity index (χ3v) is 7.77. The van der Waals surface area contributed by atoms with E-state index in [2.05, 4.69) is 22.4 Å². The summed E-state index contributed by atoms with van der Waals surface area (Å²) in [6.07, 6.45) is 2.12. The first-order valence-corrected chi connectivity index (χ1v) is 12.0. The van der Waals surface area contributed by atoms with Crippen LogP contribution in [0.1, 0.15) is 37.6 Å². The monoisotopic (exact) mass is 445 g/mol. The van der Waals surface area contributed by atoms with Crippen molar-refractivity contribution in [3.05, 3.63) is 35.7 Å². The molecule has 1 aromatic carbocycles. The van der Waals surface area contributed by atoms with Gasteiger partial charge in [-0.15, -0.1) is 0 Å². The van der Waals surface area contributed by atoms with E-state index in [1.54, 1.807) is 13.8 Å². The molecule has 1 fully saturated rings. The highest BCUT2D eigenvalue weighted by Crippen LogP contribution is 2.28. The normalized spacial score (nSPS) is 17.8. The van der Waals surface area contributed by atoms with Gasteiger partial charge >= 0.3 is 0 Å². The molecule has 1 atom stereocenters. The number of carbonyl (C=O) groups is 1. The lowest BCUT2D eigenvalue weighted by atomic mass is 9.99. The van der Waals surface area contributed by atoms with Crippen LogP contribution in [0.25, 0.3) is 11.0 Å². The van der Waals surface area contributed by atoms with E-state index in [0.717, 1.165) is 24.0 Å². The SMILES string of the molecule is CCCn1c(NC(=O)C2CCCN(S(=O)(=O)c3c(C)noc3C)C2)nc2ccccc21. The van der Waals surface area contributed by atoms with E-state index in [4.69, 9.17) is 4.52 Å². The maximum absolute atomic E-state index is 13.2. The Labute approximate surface area is 181 Å². The van der Waals surface area contributed by atoms with Crippen molar-refractivity contribution in [1.29, 1.82) is 0 Å². The summed E-state index contributed by atoms with van der Waals surface area (Å²) in [5.41, 5.74) is 2.11. The Kier molecular flexibility index (Phi) is 5.85. The molecule has 0 radical (unpaired) electrons. The number of nitrogens with zero attached hydrogens (tertiary/aromatic N) is 4. The van der Waals surface area contributed by atoms with Gasteiger partial charge in [0.25, 0.3) is 0 Å². The second kappa shape index (κ2) is 8.43. The molecule has 1 aliphatic rings. The first kappa shape index (κ1) is 21.5. The van der Waals surface area contributed by atoms with Crippen LogP contribution in [0.2, 0.25) is 0 Å². The van der Waals surface area contributed by atoms with Gasteiger partial charge in [-0.25, -0.2) is 13.4 Å². The predicted octanol–water partition coefficient (Wildman–Crippen LogP) is 3.09. The van der Waals surface area contributed by atoms with Crippen LogP contribution in [0.5, 0.6) is 0 Å². The molecule has 1 saturated heterocycles. The second-order valence-corrected chi connectivity index (χ2v) is 9.80. The summed E-state index contributed by atoms with van der Waals surface area (Å²) in [6, 6.07) is 7.75. The molecule has 3 heterocycles. The number of sulfonamides is 1. The van der Waals surface area contributed by atoms with E-state index in [-0.39, 0.29) is 23.1 Å². The molecular weight excluding hydrogens is 418 g/mol. The molecule has 0 bridgehead atoms. The van der Waals surface area contributed by atoms with E-state index in [9.17, 15) is 13.2 Å². The van der Waals surface area contributed by atoms with Gasteiger partial charge < -0.3 is 9.09 Å². The molecule has 1 unspecified atom stereocenters. The Bertz CT molecular complexity index is 1190. The van der Waals surface area contributed by atoms with Gasteiger partial charge in [0, 0.05) is 19.6 Å². The highest BCUT2D eigenvalue weighted by molar-refractivity contribution is 7.89. The average Bonchev–Trinajstić information content (AvgIpc) is 3.28. The lowest BCUT2D eigenvalue weighted by Crippen LogP contribution is -2.44. The standard InChI is InChI=1S/C21H27N5O4S/c1-4-11-26-18-10-6-5-9-17(18)22-21(26)23-20(27)16-8-7-12-25(13-16)31(28,29)19-14(2)24-30-15(19)3/h5-6,9-10,16H,4,7-8,11-13H2,1-3H3,(H,22,23,27). The Morgan fingerprint density at radius 3 is 2.77 bits per heavy atom. The molecule has 0 saturated carbocycles. The molecule has 9 nitrogen and oxygen atoms in total. The van der Waals surface area contributed by atoms with Gasteiger partial charge in [0.05, 0.1) is 17.0 Å². The first-order valence-electron chi connectivity index (χ1n) is 10.5. The maximum atomic E-state index is 13.2. The van der Waals surface area contributed by atoms with Crippen molar-refractivity contribution in [2.75, 3.05) is 18.4 Å². The van der Waals surface area contributed by atoms with Gasteiger partial charge in [0.1, 0.15) is 10.6 Å². The number of anilines is 1. The van der Waals surface area contributed by atoms with Crippen LogP contribution in [0.15, 0.2) is 33.7 Å². The molecule has 10 heteroatoms. The molecule has 1 N–H and O–H groups in total. The number of carbonyl (C=O) groups excluding carboxylic acids is 1. The maximum Gasteiger partial charge on any atom is 0.248 e. The molecule has 1 amide bonds. The van der Waals surface area contributed by atoms with E-state index >= 15 is 0 Å². The average molecular weight is 446 g/mol. The summed E-state index contributed by atoms with van der Waals surface area (Å²) in [5.74, 6) is 0.0846. The fourth-order valence-electron chi connectivity index (χ4n) is 4.18. The number of para-hydroxylation sites is 2. The van der Waals surface area contributed by atoms with Crippen molar-refractivity contribution in [3.8, 4) is 0 Å². The van der Waals surface area contributed by atoms with Crippen LogP contribution in [0.4, 0.5) is 5.95 Å². The van der Waals surface area contributed by atoms with Crippen LogP contribution in [0.3, 0.4) is 0 Å². The topological polar surface area (TPSA) is 110 Å². The minimum absolute atomic E-state index is 0.0956. The smallest absolute Gasteiger partial charge is 0.248 e. The van der Waals surface area contributed by atoms with Crippen LogP contribution in [-0.4, -0.2) is 46.4 Å². The zero-order valence-electron chi connectivity index (χ0n) is 18.0. The third kappa shape index (κ3) is 3.97. The fourth-order valence-corrected chi connectivity index (χ4v) is 5.99. The number of imidazole rings is 1. The van der Waals surface area contributed by atoms with Gasteiger partial charge in [-0.3, -0.25) is 10.1 Å². The van der Waals surface area contributed by atoms with E-state index in [1.165, 1.54) is 4.31 Å². The van der Waals surface area contributed by atoms with E-state index < -0.39 is 15.9 Å². The highest BCUT2D eigenvalue weighted by atomic mass is 32.2. The van der Waals surface area contributed by atoms with Crippen LogP contribution >= 0.6 is 0 Å². The summed E-state index contributed by atoms with van der Waals surface area (Å²) >= 11 is 0. The van der Waals surface area contributed by atoms with Gasteiger partial charge in [-0.05, 0) is 45.2 Å². The number of rotatable bonds is 6. The number of amides is 1. The molecule has 31 heavy (non-hydrogen) atoms. The van der Waals surface area contributed by atoms with Crippen LogP contribution in [0, 0.1) is 19.8 Å². The van der Waals surface area contributed by atoms with Crippen LogP contribution in [-0.2, 0) is 21.4 Å². The van der Waals surface area contributed by atoms with Crippen molar-refractivity contribution in [2.24, 2.45) is 5.92 Å². The van der Waals surface area contributed by atoms with Crippen molar-refractivity contribution in [1.82, 2.24) is 19.0 Å². The van der Waals surface area contributed by atoms with Crippen molar-refractivity contribution >= 4 is 32.9 Å². The van der Waals surface area contributed by atoms with E-state index in [1.807, 2.05) is 28.8 Å². The number of nitrogens with one attached hydrogen (secondary N) is 1. The number of fused-ring (bicyclic) bond motifs is 1. The number of hydrogen-bond donors (Lipinski definition) is 1. The lowest BCUT2D eigenvalue weighted by molar-refractivity contribution is -0.120. The number of benzene rings is 1. The molecule has 166 valence electrons. The molecule has 3 aromatic rings. The predicted molar refractivity (Wildman–Crippen MR) is 116 cm³/mol. The zero-order valence-corrected chi connectivity index (χ0v) is 18.8. The number of hydrogen-bond acceptors (Lipinski definition) is 6. The van der Waals surface area contributed by atoms with Gasteiger partial charge in [0.2, 0.25) is 21.9 Å². The van der Waals surface area contributed by atoms with Crippen molar-refractivity contribution in [2.45, 2.75) is 51.5 Å². The Hall–Kier alpha value is -2.72. The summed E-state index contributed by atoms with van der Waals surface area (Å²) in [6.45, 7) is 6.47. The van der Waals surface area contributed by atoms with Crippen LogP contribution < -0.4 is 5.32 Å². The third-order valence-electron chi connectivity index (χ3n) is 5.66. The van der Waals surface area contributed by atoms with Gasteiger partial charge in [-0.1, -0.05) is 24.2 Å². The molecule has 2 aromatic heterocycles. The molecule has 4 rings (SSSR count). The second-order valence-electron chi connectivity index (χ2n) is 7.92. The van der Waals surface area contributed by atoms with E-state index in [0.29, 0.717) is 31.0 Å². The Morgan fingerprint density at radius 1 is 1.29 bits per heavy atom. The zero-order chi connectivity index (χ0) is 22.2. The minimum atomic E-state index is -3.78. The van der Waals surface area contributed by atoms with Crippen molar-refractivity contribution in [3.63, 3.8) is 0 Å². The van der Waals surface area contributed by atoms with Crippen molar-refractivity contribution < 1.29 is 17.7 Å². The number of piperidine rings is 1. The molecular formula is C21H27N5O4S. The largest absolute Gasteiger partial charge is 0.360 e. The molecule has 0 aliphatic carbocycles. The van der Waals surface area contributed by atoms with Gasteiger partial charge in [-0.2, -0.15) is 4.31 Å². The molecule has 1 aliphatic heterocycles. The first-order chi connectivity index (χ1) is 14.8. The fraction of sp³-hybridized carbons (Fsp3) is 0.476. The summed E-state index contributed by atoms with van der Waals surface area (Å²) in [7, 11) is -3.78. The minimum Gasteiger partial charge on any atom is -0.360 e. The summed E-state index contributed by atoms with van der Waals surface area (Å²) in [4.78, 5) is 17.7. The number of aromatic nitrogens is 3. The molecule has 0 spiro atoms. The Balaban J connectivity index is 1.55. The number of aryl methyl sites for hydroxylation is 3. The van der Waals surface area contributed by atoms with Gasteiger partial charge in [0.15, 0.2) is 5.76 Å². The summed E-state index contributed by atoms with van der Waals surface area (Å²) < 4.78 is 34.7. The quantitative estimate of drug-likeness (QED) is 0.624. The Morgan fingerprint density at radius 2 is 2.06 bits per heavy atom. The lowest BCUT2D eigenvalue weighted by Gasteiger charge is -2.31. The highest BCUT2D eigenvalue weighted by Gasteiger charge is 2.36. The summed E-state index contributed by atoms with van der Waals surface area (Å²) in [5, 5.41) is 6.71.